The molecular weight excluding hydrogens is 368 g/mol. The van der Waals surface area contributed by atoms with Crippen LogP contribution in [0.2, 0.25) is 0 Å². The van der Waals surface area contributed by atoms with Crippen molar-refractivity contribution in [2.24, 2.45) is 0 Å². The Morgan fingerprint density at radius 3 is 2.89 bits per heavy atom. The van der Waals surface area contributed by atoms with Gasteiger partial charge in [-0.15, -0.1) is 11.3 Å². The Morgan fingerprint density at radius 2 is 2.18 bits per heavy atom. The Balaban J connectivity index is 1.62. The number of nitrogen functional groups attached to an aromatic ring is 1. The van der Waals surface area contributed by atoms with E-state index in [1.165, 1.54) is 23.3 Å². The molecular formula is C22H26N4OS. The number of hydrogen-bond donors (Lipinski definition) is 2. The number of carbonyl (C=O) groups is 1. The second-order valence-electron chi connectivity index (χ2n) is 6.92. The molecule has 146 valence electrons. The first-order chi connectivity index (χ1) is 13.5. The number of allylic oxidation sites excluding steroid dienone is 3. The lowest BCUT2D eigenvalue weighted by Gasteiger charge is -2.09. The van der Waals surface area contributed by atoms with Crippen LogP contribution in [-0.4, -0.2) is 22.4 Å². The number of carbonyl (C=O) groups excluding carboxylic acids is 1. The Labute approximate surface area is 170 Å². The number of aryl methyl sites for hydroxylation is 2. The molecule has 6 heteroatoms. The van der Waals surface area contributed by atoms with E-state index in [4.69, 9.17) is 5.73 Å². The number of nitrogens with one attached hydrogen (secondary N) is 1. The summed E-state index contributed by atoms with van der Waals surface area (Å²) < 4.78 is 0. The zero-order valence-electron chi connectivity index (χ0n) is 16.4. The third-order valence-corrected chi connectivity index (χ3v) is 6.13. The van der Waals surface area contributed by atoms with E-state index >= 15 is 0 Å². The summed E-state index contributed by atoms with van der Waals surface area (Å²) in [6.45, 7) is 8.45. The van der Waals surface area contributed by atoms with E-state index in [9.17, 15) is 4.79 Å². The van der Waals surface area contributed by atoms with Gasteiger partial charge in [-0.25, -0.2) is 9.97 Å². The van der Waals surface area contributed by atoms with Crippen molar-refractivity contribution in [2.45, 2.75) is 39.5 Å². The van der Waals surface area contributed by atoms with Gasteiger partial charge in [-0.05, 0) is 80.0 Å². The normalized spacial score (nSPS) is 14.5. The zero-order chi connectivity index (χ0) is 20.1. The quantitative estimate of drug-likeness (QED) is 0.715. The number of nitrogens with two attached hydrogens (primary N) is 1. The fraction of sp³-hybridized carbons (Fsp3) is 0.318. The third-order valence-electron chi connectivity index (χ3n) is 4.89. The first-order valence-electron chi connectivity index (χ1n) is 9.49. The summed E-state index contributed by atoms with van der Waals surface area (Å²) in [4.78, 5) is 22.9. The lowest BCUT2D eigenvalue weighted by atomic mass is 9.99. The average Bonchev–Trinajstić information content (AvgIpc) is 3.14. The monoisotopic (exact) mass is 394 g/mol. The first kappa shape index (κ1) is 20.0. The lowest BCUT2D eigenvalue weighted by Crippen LogP contribution is -2.24. The molecule has 0 atom stereocenters. The molecule has 0 unspecified atom stereocenters. The van der Waals surface area contributed by atoms with E-state index in [2.05, 4.69) is 27.9 Å². The van der Waals surface area contributed by atoms with Gasteiger partial charge in [0, 0.05) is 17.6 Å². The number of amides is 1. The van der Waals surface area contributed by atoms with Gasteiger partial charge in [-0.3, -0.25) is 4.79 Å². The summed E-state index contributed by atoms with van der Waals surface area (Å²) in [5, 5.41) is 2.99. The Kier molecular flexibility index (Phi) is 6.41. The first-order valence-corrected chi connectivity index (χ1v) is 10.3. The molecule has 2 aromatic heterocycles. The largest absolute Gasteiger partial charge is 0.368 e. The number of fused-ring (bicyclic) bond motifs is 1. The highest BCUT2D eigenvalue weighted by Crippen LogP contribution is 2.29. The van der Waals surface area contributed by atoms with Crippen molar-refractivity contribution in [3.05, 3.63) is 69.2 Å². The van der Waals surface area contributed by atoms with Gasteiger partial charge in [0.15, 0.2) is 0 Å². The van der Waals surface area contributed by atoms with Gasteiger partial charge in [-0.2, -0.15) is 0 Å². The zero-order valence-corrected chi connectivity index (χ0v) is 17.2. The molecule has 2 heterocycles. The van der Waals surface area contributed by atoms with E-state index in [0.717, 1.165) is 40.1 Å². The lowest BCUT2D eigenvalue weighted by molar-refractivity contribution is 0.0961. The van der Waals surface area contributed by atoms with E-state index in [1.54, 1.807) is 17.5 Å². The summed E-state index contributed by atoms with van der Waals surface area (Å²) >= 11 is 1.62. The van der Waals surface area contributed by atoms with Crippen LogP contribution < -0.4 is 11.1 Å². The molecule has 1 amide bonds. The minimum atomic E-state index is -0.0248. The average molecular weight is 395 g/mol. The van der Waals surface area contributed by atoms with Gasteiger partial charge < -0.3 is 11.1 Å². The predicted octanol–water partition coefficient (Wildman–Crippen LogP) is 4.33. The Bertz CT molecular complexity index is 932. The molecule has 0 radical (unpaired) electrons. The number of anilines is 1. The van der Waals surface area contributed by atoms with Crippen LogP contribution >= 0.6 is 11.3 Å². The Hall–Kier alpha value is -2.73. The summed E-state index contributed by atoms with van der Waals surface area (Å²) in [7, 11) is 0. The maximum atomic E-state index is 12.5. The highest BCUT2D eigenvalue weighted by Gasteiger charge is 2.17. The maximum Gasteiger partial charge on any atom is 0.261 e. The minimum absolute atomic E-state index is 0.0248. The van der Waals surface area contributed by atoms with Gasteiger partial charge in [-0.1, -0.05) is 12.7 Å². The molecule has 2 aromatic rings. The van der Waals surface area contributed by atoms with Crippen molar-refractivity contribution in [3.63, 3.8) is 0 Å². The molecule has 1 aliphatic carbocycles. The third kappa shape index (κ3) is 4.75. The topological polar surface area (TPSA) is 80.9 Å². The summed E-state index contributed by atoms with van der Waals surface area (Å²) in [6.07, 6.45) is 10.2. The van der Waals surface area contributed by atoms with Crippen molar-refractivity contribution >= 4 is 28.8 Å². The number of thiophene rings is 1. The van der Waals surface area contributed by atoms with Gasteiger partial charge in [0.1, 0.15) is 0 Å². The summed E-state index contributed by atoms with van der Waals surface area (Å²) in [6, 6.07) is 3.87. The number of nitrogens with zero attached hydrogens (tertiary/aromatic N) is 2. The van der Waals surface area contributed by atoms with Crippen LogP contribution in [0.4, 0.5) is 5.95 Å². The maximum absolute atomic E-state index is 12.5. The van der Waals surface area contributed by atoms with Crippen molar-refractivity contribution < 1.29 is 4.79 Å². The molecule has 0 spiro atoms. The molecule has 0 saturated carbocycles. The van der Waals surface area contributed by atoms with Crippen LogP contribution in [0.3, 0.4) is 0 Å². The van der Waals surface area contributed by atoms with Crippen LogP contribution in [0.15, 0.2) is 48.2 Å². The SMILES string of the molecule is C=C(CNC(=O)c1cc2c(s1)CCCC2)/C(C)=C\C(=C/C)c1ccnc(N)n1. The second kappa shape index (κ2) is 8.97. The minimum Gasteiger partial charge on any atom is -0.368 e. The van der Waals surface area contributed by atoms with Crippen LogP contribution in [-0.2, 0) is 12.8 Å². The van der Waals surface area contributed by atoms with E-state index < -0.39 is 0 Å². The van der Waals surface area contributed by atoms with E-state index in [1.807, 2.05) is 32.1 Å². The van der Waals surface area contributed by atoms with Crippen LogP contribution in [0.5, 0.6) is 0 Å². The summed E-state index contributed by atoms with van der Waals surface area (Å²) in [5.41, 5.74) is 10.6. The van der Waals surface area contributed by atoms with Gasteiger partial charge >= 0.3 is 0 Å². The molecule has 1 aliphatic rings. The van der Waals surface area contributed by atoms with Crippen LogP contribution in [0, 0.1) is 0 Å². The standard InChI is InChI=1S/C22H26N4OS/c1-4-16(18-9-10-24-22(23)26-18)11-14(2)15(3)13-25-21(27)20-12-17-7-5-6-8-19(17)28-20/h4,9-12H,3,5-8,13H2,1-2H3,(H,25,27)(H2,23,24,26)/b14-11-,16-4+. The van der Waals surface area contributed by atoms with Crippen LogP contribution in [0.1, 0.15) is 52.5 Å². The highest BCUT2D eigenvalue weighted by atomic mass is 32.1. The van der Waals surface area contributed by atoms with Gasteiger partial charge in [0.25, 0.3) is 5.91 Å². The number of rotatable bonds is 6. The molecule has 0 bridgehead atoms. The number of hydrogen-bond acceptors (Lipinski definition) is 5. The van der Waals surface area contributed by atoms with Crippen molar-refractivity contribution in [1.29, 1.82) is 0 Å². The van der Waals surface area contributed by atoms with E-state index in [0.29, 0.717) is 6.54 Å². The molecule has 0 saturated heterocycles. The van der Waals surface area contributed by atoms with Crippen molar-refractivity contribution in [2.75, 3.05) is 12.3 Å². The van der Waals surface area contributed by atoms with Crippen molar-refractivity contribution in [3.8, 4) is 0 Å². The van der Waals surface area contributed by atoms with Gasteiger partial charge in [0.05, 0.1) is 10.6 Å². The van der Waals surface area contributed by atoms with Gasteiger partial charge in [0.2, 0.25) is 5.95 Å². The van der Waals surface area contributed by atoms with Crippen LogP contribution in [0.25, 0.3) is 5.57 Å². The predicted molar refractivity (Wildman–Crippen MR) is 116 cm³/mol. The second-order valence-corrected chi connectivity index (χ2v) is 8.06. The summed E-state index contributed by atoms with van der Waals surface area (Å²) in [5.74, 6) is 0.218. The molecule has 3 rings (SSSR count). The fourth-order valence-electron chi connectivity index (χ4n) is 3.19. The molecule has 5 nitrogen and oxygen atoms in total. The molecule has 0 aliphatic heterocycles. The highest BCUT2D eigenvalue weighted by molar-refractivity contribution is 7.14. The Morgan fingerprint density at radius 1 is 1.39 bits per heavy atom. The molecule has 3 N–H and O–H groups in total. The fourth-order valence-corrected chi connectivity index (χ4v) is 4.36. The smallest absolute Gasteiger partial charge is 0.261 e. The number of aromatic nitrogens is 2. The molecule has 0 fully saturated rings. The van der Waals surface area contributed by atoms with Crippen molar-refractivity contribution in [1.82, 2.24) is 15.3 Å². The van der Waals surface area contributed by atoms with E-state index in [-0.39, 0.29) is 11.9 Å². The molecule has 28 heavy (non-hydrogen) atoms. The molecule has 0 aromatic carbocycles.